The summed E-state index contributed by atoms with van der Waals surface area (Å²) in [6.45, 7) is 0. The van der Waals surface area contributed by atoms with Crippen molar-refractivity contribution < 1.29 is 14.5 Å². The highest BCUT2D eigenvalue weighted by Crippen LogP contribution is 2.37. The van der Waals surface area contributed by atoms with Crippen molar-refractivity contribution >= 4 is 60.9 Å². The molecule has 0 aliphatic carbocycles. The summed E-state index contributed by atoms with van der Waals surface area (Å²) >= 11 is 6.32. The summed E-state index contributed by atoms with van der Waals surface area (Å²) in [5.41, 5.74) is 9.48. The first-order valence-electron chi connectivity index (χ1n) is 6.07. The first-order valence-corrected chi connectivity index (χ1v) is 7.66. The molecule has 0 saturated carbocycles. The zero-order valence-corrected chi connectivity index (χ0v) is 14.8. The van der Waals surface area contributed by atoms with Gasteiger partial charge >= 0.3 is 0 Å². The largest absolute Gasteiger partial charge is 0.364 e. The lowest BCUT2D eigenvalue weighted by Crippen LogP contribution is -2.20. The molecule has 1 aromatic carbocycles. The van der Waals surface area contributed by atoms with Crippen molar-refractivity contribution in [2.45, 2.75) is 0 Å². The Morgan fingerprint density at radius 1 is 1.21 bits per heavy atom. The Labute approximate surface area is 151 Å². The summed E-state index contributed by atoms with van der Waals surface area (Å²) in [7, 11) is 0. The Kier molecular flexibility index (Phi) is 5.09. The van der Waals surface area contributed by atoms with Crippen LogP contribution in [0.5, 0.6) is 0 Å². The van der Waals surface area contributed by atoms with Crippen LogP contribution in [-0.4, -0.2) is 26.7 Å². The molecule has 2 aromatic rings. The molecule has 0 bridgehead atoms. The number of nitro groups is 1. The fourth-order valence-corrected chi connectivity index (χ4v) is 3.02. The molecule has 1 aromatic heterocycles. The number of rotatable bonds is 5. The van der Waals surface area contributed by atoms with E-state index in [1.165, 1.54) is 6.07 Å². The maximum atomic E-state index is 11.5. The van der Waals surface area contributed by atoms with Crippen LogP contribution >= 0.6 is 31.9 Å². The number of amides is 2. The lowest BCUT2D eigenvalue weighted by atomic mass is 10.2. The maximum Gasteiger partial charge on any atom is 0.295 e. The molecule has 124 valence electrons. The van der Waals surface area contributed by atoms with E-state index in [4.69, 9.17) is 11.5 Å². The van der Waals surface area contributed by atoms with Crippen LogP contribution in [0.4, 0.5) is 17.2 Å². The first kappa shape index (κ1) is 17.7. The van der Waals surface area contributed by atoms with E-state index in [9.17, 15) is 19.7 Å². The standard InChI is InChI=1S/C12H8Br2N6O4/c13-4-1-5(14)8(7(2-4)20(23)24)19-12-9(11(16)22)17-3-6(18-12)10(15)21/h1-3H,(H2,15,21)(H2,16,22)(H,18,19). The predicted octanol–water partition coefficient (Wildman–Crippen LogP) is 1.85. The number of aromatic nitrogens is 2. The average Bonchev–Trinajstić information content (AvgIpc) is 2.48. The Bertz CT molecular complexity index is 873. The molecule has 0 unspecified atom stereocenters. The highest BCUT2D eigenvalue weighted by molar-refractivity contribution is 9.11. The van der Waals surface area contributed by atoms with Gasteiger partial charge in [0.15, 0.2) is 11.5 Å². The second kappa shape index (κ2) is 6.88. The Morgan fingerprint density at radius 2 is 1.88 bits per heavy atom. The monoisotopic (exact) mass is 458 g/mol. The summed E-state index contributed by atoms with van der Waals surface area (Å²) in [4.78, 5) is 40.9. The number of nitrogens with two attached hydrogens (primary N) is 2. The van der Waals surface area contributed by atoms with Crippen LogP contribution in [0.15, 0.2) is 27.3 Å². The Morgan fingerprint density at radius 3 is 2.42 bits per heavy atom. The average molecular weight is 460 g/mol. The van der Waals surface area contributed by atoms with E-state index in [0.717, 1.165) is 6.20 Å². The van der Waals surface area contributed by atoms with Gasteiger partial charge in [0, 0.05) is 15.0 Å². The number of anilines is 2. The molecule has 0 atom stereocenters. The van der Waals surface area contributed by atoms with Gasteiger partial charge in [-0.05, 0) is 22.0 Å². The van der Waals surface area contributed by atoms with Crippen molar-refractivity contribution in [2.75, 3.05) is 5.32 Å². The van der Waals surface area contributed by atoms with Crippen molar-refractivity contribution in [3.8, 4) is 0 Å². The third-order valence-electron chi connectivity index (χ3n) is 2.73. The molecule has 0 fully saturated rings. The lowest BCUT2D eigenvalue weighted by Gasteiger charge is -2.11. The summed E-state index contributed by atoms with van der Waals surface area (Å²) in [6.07, 6.45) is 0.985. The molecule has 10 nitrogen and oxygen atoms in total. The van der Waals surface area contributed by atoms with E-state index in [-0.39, 0.29) is 28.6 Å². The van der Waals surface area contributed by atoms with E-state index >= 15 is 0 Å². The zero-order chi connectivity index (χ0) is 18.0. The minimum Gasteiger partial charge on any atom is -0.364 e. The van der Waals surface area contributed by atoms with Gasteiger partial charge in [-0.2, -0.15) is 0 Å². The predicted molar refractivity (Wildman–Crippen MR) is 90.8 cm³/mol. The van der Waals surface area contributed by atoms with Crippen LogP contribution in [0.25, 0.3) is 0 Å². The zero-order valence-electron chi connectivity index (χ0n) is 11.6. The second-order valence-corrected chi connectivity index (χ2v) is 6.11. The summed E-state index contributed by atoms with van der Waals surface area (Å²) < 4.78 is 0.768. The highest BCUT2D eigenvalue weighted by Gasteiger charge is 2.22. The van der Waals surface area contributed by atoms with E-state index < -0.39 is 16.7 Å². The molecule has 2 amide bonds. The summed E-state index contributed by atoms with van der Waals surface area (Å²) in [6, 6.07) is 2.80. The molecule has 0 spiro atoms. The fraction of sp³-hybridized carbons (Fsp3) is 0. The van der Waals surface area contributed by atoms with Crippen molar-refractivity contribution in [1.29, 1.82) is 0 Å². The van der Waals surface area contributed by atoms with Crippen molar-refractivity contribution in [3.63, 3.8) is 0 Å². The molecule has 12 heteroatoms. The van der Waals surface area contributed by atoms with Crippen LogP contribution in [-0.2, 0) is 0 Å². The van der Waals surface area contributed by atoms with Crippen LogP contribution in [0.2, 0.25) is 0 Å². The molecular formula is C12H8Br2N6O4. The van der Waals surface area contributed by atoms with Gasteiger partial charge < -0.3 is 16.8 Å². The lowest BCUT2D eigenvalue weighted by molar-refractivity contribution is -0.384. The SMILES string of the molecule is NC(=O)c1cnc(C(N)=O)c(Nc2c(Br)cc(Br)cc2[N+](=O)[O-])n1. The third kappa shape index (κ3) is 3.65. The first-order chi connectivity index (χ1) is 11.2. The number of hydrogen-bond acceptors (Lipinski definition) is 7. The molecule has 24 heavy (non-hydrogen) atoms. The van der Waals surface area contributed by atoms with Crippen LogP contribution in [0.3, 0.4) is 0 Å². The van der Waals surface area contributed by atoms with Crippen LogP contribution < -0.4 is 16.8 Å². The van der Waals surface area contributed by atoms with E-state index in [1.54, 1.807) is 6.07 Å². The van der Waals surface area contributed by atoms with Gasteiger partial charge in [-0.3, -0.25) is 19.7 Å². The van der Waals surface area contributed by atoms with E-state index in [2.05, 4.69) is 47.1 Å². The number of carbonyl (C=O) groups is 2. The number of carbonyl (C=O) groups excluding carboxylic acids is 2. The third-order valence-corrected chi connectivity index (χ3v) is 3.82. The van der Waals surface area contributed by atoms with Crippen LogP contribution in [0, 0.1) is 10.1 Å². The number of nitrogens with zero attached hydrogens (tertiary/aromatic N) is 3. The number of nitro benzene ring substituents is 1. The maximum absolute atomic E-state index is 11.5. The van der Waals surface area contributed by atoms with Gasteiger partial charge in [0.2, 0.25) is 0 Å². The van der Waals surface area contributed by atoms with Crippen LogP contribution in [0.1, 0.15) is 21.0 Å². The molecule has 2 rings (SSSR count). The molecule has 0 aliphatic heterocycles. The molecular weight excluding hydrogens is 452 g/mol. The van der Waals surface area contributed by atoms with Gasteiger partial charge in [-0.25, -0.2) is 9.97 Å². The quantitative estimate of drug-likeness (QED) is 0.452. The molecule has 1 heterocycles. The number of halogens is 2. The normalized spacial score (nSPS) is 10.2. The number of nitrogens with one attached hydrogen (secondary N) is 1. The van der Waals surface area contributed by atoms with Gasteiger partial charge in [0.1, 0.15) is 11.4 Å². The minimum atomic E-state index is -0.933. The number of primary amides is 2. The second-order valence-electron chi connectivity index (χ2n) is 4.34. The van der Waals surface area contributed by atoms with Gasteiger partial charge in [0.25, 0.3) is 17.5 Å². The Hall–Kier alpha value is -2.60. The molecule has 0 radical (unpaired) electrons. The highest BCUT2D eigenvalue weighted by atomic mass is 79.9. The van der Waals surface area contributed by atoms with Gasteiger partial charge in [-0.15, -0.1) is 0 Å². The van der Waals surface area contributed by atoms with Crippen molar-refractivity contribution in [3.05, 3.63) is 48.8 Å². The summed E-state index contributed by atoms with van der Waals surface area (Å²) in [5.74, 6) is -2.05. The Balaban J connectivity index is 2.63. The summed E-state index contributed by atoms with van der Waals surface area (Å²) in [5, 5.41) is 13.8. The van der Waals surface area contributed by atoms with Gasteiger partial charge in [0.05, 0.1) is 11.1 Å². The molecule has 0 aliphatic rings. The minimum absolute atomic E-state index is 0.00150. The number of benzene rings is 1. The number of hydrogen-bond donors (Lipinski definition) is 3. The van der Waals surface area contributed by atoms with E-state index in [1.807, 2.05) is 0 Å². The van der Waals surface area contributed by atoms with E-state index in [0.29, 0.717) is 8.95 Å². The van der Waals surface area contributed by atoms with Gasteiger partial charge in [-0.1, -0.05) is 15.9 Å². The van der Waals surface area contributed by atoms with Crippen molar-refractivity contribution in [2.24, 2.45) is 11.5 Å². The smallest absolute Gasteiger partial charge is 0.295 e. The molecule has 5 N–H and O–H groups in total. The van der Waals surface area contributed by atoms with Crippen molar-refractivity contribution in [1.82, 2.24) is 9.97 Å². The topological polar surface area (TPSA) is 167 Å². The fourth-order valence-electron chi connectivity index (χ4n) is 1.72. The molecule has 0 saturated heterocycles.